The van der Waals surface area contributed by atoms with Gasteiger partial charge in [0, 0.05) is 23.3 Å². The van der Waals surface area contributed by atoms with Crippen molar-refractivity contribution >= 4 is 56.9 Å². The third kappa shape index (κ3) is 8.03. The predicted octanol–water partition coefficient (Wildman–Crippen LogP) is 4.75. The lowest BCUT2D eigenvalue weighted by Crippen LogP contribution is -2.21. The Labute approximate surface area is 221 Å². The van der Waals surface area contributed by atoms with E-state index in [1.807, 2.05) is 0 Å². The molecule has 3 N–H and O–H groups in total. The Balaban J connectivity index is 0.000000505. The third-order valence-corrected chi connectivity index (χ3v) is 5.46. The van der Waals surface area contributed by atoms with Crippen molar-refractivity contribution in [2.75, 3.05) is 10.8 Å². The van der Waals surface area contributed by atoms with Crippen LogP contribution in [0.3, 0.4) is 0 Å². The lowest BCUT2D eigenvalue weighted by atomic mass is 10.3. The quantitative estimate of drug-likeness (QED) is 0.150. The van der Waals surface area contributed by atoms with Crippen LogP contribution < -0.4 is 10.8 Å². The topological polar surface area (TPSA) is 165 Å². The van der Waals surface area contributed by atoms with Gasteiger partial charge in [0.1, 0.15) is 22.7 Å². The monoisotopic (exact) mass is 617 g/mol. The molecule has 0 fully saturated rings. The van der Waals surface area contributed by atoms with Gasteiger partial charge in [-0.3, -0.25) is 14.7 Å². The van der Waals surface area contributed by atoms with E-state index in [1.165, 1.54) is 35.8 Å². The maximum absolute atomic E-state index is 13.2. The number of hydrogen-bond acceptors (Lipinski definition) is 11. The number of halogens is 5. The first-order chi connectivity index (χ1) is 18.0. The molecule has 3 heterocycles. The second-order valence-electron chi connectivity index (χ2n) is 6.59. The van der Waals surface area contributed by atoms with Crippen molar-refractivity contribution in [1.82, 2.24) is 20.3 Å². The molecule has 38 heavy (non-hydrogen) atoms. The predicted molar refractivity (Wildman–Crippen MR) is 128 cm³/mol. The molecule has 1 amide bonds. The number of oxime groups is 1. The summed E-state index contributed by atoms with van der Waals surface area (Å²) in [5.74, 6) is -3.61. The Hall–Kier alpha value is -4.45. The number of hydrogen-bond donors (Lipinski definition) is 3. The summed E-state index contributed by atoms with van der Waals surface area (Å²) in [6.07, 6.45) is -0.606. The first-order valence-electron chi connectivity index (χ1n) is 9.75. The second-order valence-corrected chi connectivity index (χ2v) is 8.30. The van der Waals surface area contributed by atoms with Gasteiger partial charge in [0.2, 0.25) is 5.82 Å². The summed E-state index contributed by atoms with van der Waals surface area (Å²) < 4.78 is 49.9. The number of aromatic nitrogens is 4. The molecule has 18 heteroatoms. The summed E-state index contributed by atoms with van der Waals surface area (Å²) in [6, 6.07) is 7.80. The minimum absolute atomic E-state index is 0.0420. The second kappa shape index (κ2) is 12.7. The summed E-state index contributed by atoms with van der Waals surface area (Å²) in [6.45, 7) is 0. The van der Waals surface area contributed by atoms with E-state index in [-0.39, 0.29) is 21.7 Å². The number of anilines is 2. The van der Waals surface area contributed by atoms with Gasteiger partial charge in [-0.25, -0.2) is 18.8 Å². The molecule has 0 aliphatic heterocycles. The van der Waals surface area contributed by atoms with Crippen LogP contribution in [0.1, 0.15) is 16.2 Å². The molecule has 0 bridgehead atoms. The van der Waals surface area contributed by atoms with Gasteiger partial charge in [-0.1, -0.05) is 5.16 Å². The lowest BCUT2D eigenvalue weighted by molar-refractivity contribution is -0.192. The number of aliphatic carboxylic acids is 1. The fourth-order valence-corrected chi connectivity index (χ4v) is 3.44. The highest BCUT2D eigenvalue weighted by atomic mass is 79.9. The summed E-state index contributed by atoms with van der Waals surface area (Å²) in [4.78, 5) is 34.6. The number of thiazole rings is 1. The molecule has 0 spiro atoms. The van der Waals surface area contributed by atoms with Crippen molar-refractivity contribution in [2.24, 2.45) is 5.16 Å². The van der Waals surface area contributed by atoms with Crippen molar-refractivity contribution < 1.29 is 41.8 Å². The van der Waals surface area contributed by atoms with Gasteiger partial charge < -0.3 is 10.4 Å². The van der Waals surface area contributed by atoms with Crippen LogP contribution in [0.2, 0.25) is 0 Å². The number of benzene rings is 1. The summed E-state index contributed by atoms with van der Waals surface area (Å²) >= 11 is 4.39. The number of carboxylic acid groups (broad SMARTS) is 1. The normalized spacial score (nSPS) is 11.0. The van der Waals surface area contributed by atoms with E-state index in [2.05, 4.69) is 56.8 Å². The Morgan fingerprint density at radius 3 is 2.55 bits per heavy atom. The average Bonchev–Trinajstić information content (AvgIpc) is 3.54. The zero-order chi connectivity index (χ0) is 27.7. The maximum Gasteiger partial charge on any atom is 0.490 e. The summed E-state index contributed by atoms with van der Waals surface area (Å²) in [7, 11) is 0. The van der Waals surface area contributed by atoms with E-state index in [0.717, 1.165) is 5.56 Å². The first kappa shape index (κ1) is 28.1. The lowest BCUT2D eigenvalue weighted by Gasteiger charge is -2.03. The van der Waals surface area contributed by atoms with E-state index < -0.39 is 23.9 Å². The van der Waals surface area contributed by atoms with E-state index in [0.29, 0.717) is 10.7 Å². The highest BCUT2D eigenvalue weighted by molar-refractivity contribution is 9.10. The van der Waals surface area contributed by atoms with Crippen molar-refractivity contribution in [3.05, 3.63) is 69.8 Å². The van der Waals surface area contributed by atoms with Crippen LogP contribution in [0.15, 0.2) is 62.4 Å². The fraction of sp³-hybridized carbons (Fsp3) is 0.0500. The van der Waals surface area contributed by atoms with Gasteiger partial charge in [0.15, 0.2) is 5.69 Å². The van der Waals surface area contributed by atoms with Gasteiger partial charge in [-0.15, -0.1) is 11.3 Å². The van der Waals surface area contributed by atoms with Crippen molar-refractivity contribution in [2.45, 2.75) is 6.18 Å². The number of pyridine rings is 1. The number of carboxylic acids is 1. The number of carbonyl (C=O) groups excluding carboxylic acids is 1. The summed E-state index contributed by atoms with van der Waals surface area (Å²) in [5.41, 5.74) is 4.16. The fourth-order valence-electron chi connectivity index (χ4n) is 2.26. The van der Waals surface area contributed by atoms with Crippen LogP contribution in [0.25, 0.3) is 10.6 Å². The number of nitrogens with zero attached hydrogens (tertiary/aromatic N) is 5. The van der Waals surface area contributed by atoms with Gasteiger partial charge >= 0.3 is 12.1 Å². The van der Waals surface area contributed by atoms with Crippen molar-refractivity contribution in [3.63, 3.8) is 0 Å². The molecule has 0 saturated carbocycles. The molecule has 0 aliphatic carbocycles. The Kier molecular flexibility index (Phi) is 9.39. The van der Waals surface area contributed by atoms with Crippen LogP contribution >= 0.6 is 27.3 Å². The Morgan fingerprint density at radius 2 is 1.89 bits per heavy atom. The van der Waals surface area contributed by atoms with Gasteiger partial charge in [-0.2, -0.15) is 18.7 Å². The van der Waals surface area contributed by atoms with Crippen LogP contribution in [-0.4, -0.2) is 49.7 Å². The molecule has 0 aliphatic rings. The highest BCUT2D eigenvalue weighted by Gasteiger charge is 2.38. The largest absolute Gasteiger partial charge is 0.490 e. The van der Waals surface area contributed by atoms with Gasteiger partial charge in [-0.05, 0) is 56.6 Å². The molecule has 1 aromatic carbocycles. The number of amides is 1. The first-order valence-corrected chi connectivity index (χ1v) is 11.4. The van der Waals surface area contributed by atoms with E-state index in [1.54, 1.807) is 29.9 Å². The number of alkyl halides is 3. The number of nitrogens with one attached hydrogen (secondary N) is 2. The van der Waals surface area contributed by atoms with Crippen LogP contribution in [0.5, 0.6) is 0 Å². The van der Waals surface area contributed by atoms with Gasteiger partial charge in [0.25, 0.3) is 5.91 Å². The SMILES string of the molecule is O=C(Nc1nonc1/C=N/ONc1ccc(F)c(Br)c1)c1csc(-c2ccncc2)n1.O=C(O)C(F)(F)F. The summed E-state index contributed by atoms with van der Waals surface area (Å²) in [5, 5.41) is 22.9. The molecule has 3 aromatic heterocycles. The van der Waals surface area contributed by atoms with Gasteiger partial charge in [0.05, 0.1) is 10.2 Å². The molecular weight excluding hydrogens is 606 g/mol. The zero-order valence-electron chi connectivity index (χ0n) is 18.3. The van der Waals surface area contributed by atoms with E-state index in [9.17, 15) is 22.4 Å². The van der Waals surface area contributed by atoms with Crippen LogP contribution in [-0.2, 0) is 9.73 Å². The molecule has 0 unspecified atom stereocenters. The molecule has 4 aromatic rings. The zero-order valence-corrected chi connectivity index (χ0v) is 20.7. The van der Waals surface area contributed by atoms with Crippen LogP contribution in [0.4, 0.5) is 29.1 Å². The maximum atomic E-state index is 13.2. The van der Waals surface area contributed by atoms with Crippen LogP contribution in [0, 0.1) is 5.82 Å². The molecule has 0 atom stereocenters. The van der Waals surface area contributed by atoms with Crippen molar-refractivity contribution in [1.29, 1.82) is 0 Å². The molecule has 198 valence electrons. The van der Waals surface area contributed by atoms with E-state index in [4.69, 9.17) is 14.8 Å². The average molecular weight is 618 g/mol. The van der Waals surface area contributed by atoms with Crippen molar-refractivity contribution in [3.8, 4) is 10.6 Å². The molecule has 12 nitrogen and oxygen atoms in total. The minimum Gasteiger partial charge on any atom is -0.475 e. The minimum atomic E-state index is -5.08. The van der Waals surface area contributed by atoms with E-state index >= 15 is 0 Å². The molecule has 0 radical (unpaired) electrons. The standard InChI is InChI=1S/C18H11BrFN7O3S.C2HF3O2/c19-12-7-11(1-2-13(12)20)25-29-22-8-14-16(27-30-26-14)24-17(28)15-9-31-18(23-15)10-3-5-21-6-4-10;3-2(4,5)1(6)7/h1-9,25H,(H,24,27,28);(H,6,7)/b22-8+;. The number of rotatable bonds is 7. The molecule has 4 rings (SSSR count). The molecular formula is C20H12BrF4N7O5S. The molecule has 0 saturated heterocycles. The smallest absolute Gasteiger partial charge is 0.475 e. The number of carbonyl (C=O) groups is 2. The Bertz CT molecular complexity index is 1430. The Morgan fingerprint density at radius 1 is 1.18 bits per heavy atom. The highest BCUT2D eigenvalue weighted by Crippen LogP contribution is 2.23. The third-order valence-electron chi connectivity index (χ3n) is 3.96.